The van der Waals surface area contributed by atoms with Gasteiger partial charge < -0.3 is 20.7 Å². The van der Waals surface area contributed by atoms with Crippen molar-refractivity contribution in [2.45, 2.75) is 9.79 Å². The van der Waals surface area contributed by atoms with E-state index in [2.05, 4.69) is 9.37 Å². The zero-order valence-corrected chi connectivity index (χ0v) is 17.2. The third-order valence-corrected chi connectivity index (χ3v) is 3.82. The van der Waals surface area contributed by atoms with Crippen molar-refractivity contribution < 1.29 is 91.8 Å². The number of rotatable bonds is 4. The predicted octanol–water partition coefficient (Wildman–Crippen LogP) is -5.73. The molecule has 0 aliphatic carbocycles. The molecule has 12 heteroatoms. The third kappa shape index (κ3) is 5.23. The molecule has 0 radical (unpaired) electrons. The summed E-state index contributed by atoms with van der Waals surface area (Å²) in [5, 5.41) is 23.1. The number of hydrogen-bond acceptors (Lipinski definition) is 9. The summed E-state index contributed by atoms with van der Waals surface area (Å²) >= 11 is 0.545. The molecule has 0 aliphatic rings. The number of aromatic hydroxyl groups is 1. The standard InChI is InChI=1S/C10H9NO7S2.2Na/c11-8-3-6(19-18-17-13)1-5-2-7(20(14,15)16)4-9(12)10(5)8;;/h1-4,12-13H,11H2,(H,14,15,16);;/q;2*+1/p-2. The van der Waals surface area contributed by atoms with E-state index < -0.39 is 20.8 Å². The fraction of sp³-hybridized carbons (Fsp3) is 0. The van der Waals surface area contributed by atoms with Gasteiger partial charge in [0.05, 0.1) is 16.9 Å². The predicted molar refractivity (Wildman–Crippen MR) is 66.0 cm³/mol. The number of nitrogen functional groups attached to an aromatic ring is 1. The van der Waals surface area contributed by atoms with Crippen LogP contribution in [0.15, 0.2) is 34.1 Å². The molecule has 0 spiro atoms. The van der Waals surface area contributed by atoms with Gasteiger partial charge in [-0.05, 0) is 29.7 Å². The Morgan fingerprint density at radius 3 is 2.36 bits per heavy atom. The Hall–Kier alpha value is 0.440. The second-order valence-electron chi connectivity index (χ2n) is 3.73. The first kappa shape index (κ1) is 22.4. The van der Waals surface area contributed by atoms with E-state index in [1.165, 1.54) is 12.1 Å². The summed E-state index contributed by atoms with van der Waals surface area (Å²) in [5.74, 6) is -0.438. The minimum Gasteiger partial charge on any atom is -0.744 e. The second-order valence-corrected chi connectivity index (χ2v) is 5.88. The number of hydrogen-bond donors (Lipinski definition) is 2. The van der Waals surface area contributed by atoms with Gasteiger partial charge in [-0.15, -0.1) is 0 Å². The number of phenols is 1. The molecule has 0 bridgehead atoms. The molecule has 22 heavy (non-hydrogen) atoms. The van der Waals surface area contributed by atoms with Crippen molar-refractivity contribution in [1.29, 1.82) is 0 Å². The van der Waals surface area contributed by atoms with Gasteiger partial charge in [-0.3, -0.25) is 5.04 Å². The minimum absolute atomic E-state index is 0. The molecule has 0 saturated heterocycles. The monoisotopic (exact) mass is 363 g/mol. The van der Waals surface area contributed by atoms with E-state index in [0.717, 1.165) is 12.1 Å². The molecule has 0 aromatic heterocycles. The fourth-order valence-electron chi connectivity index (χ4n) is 1.72. The van der Waals surface area contributed by atoms with Gasteiger partial charge >= 0.3 is 59.1 Å². The number of benzene rings is 2. The van der Waals surface area contributed by atoms with Crippen molar-refractivity contribution in [3.63, 3.8) is 0 Å². The number of nitrogens with two attached hydrogens (primary N) is 1. The van der Waals surface area contributed by atoms with Crippen molar-refractivity contribution in [2.24, 2.45) is 0 Å². The van der Waals surface area contributed by atoms with Crippen molar-refractivity contribution in [2.75, 3.05) is 5.73 Å². The zero-order valence-electron chi connectivity index (χ0n) is 11.6. The Morgan fingerprint density at radius 1 is 1.18 bits per heavy atom. The SMILES string of the molecule is Nc1cc(SOO[O-])cc2cc(S(=O)(=O)[O-])cc(O)c12.[Na+].[Na+]. The van der Waals surface area contributed by atoms with Crippen LogP contribution in [0.3, 0.4) is 0 Å². The van der Waals surface area contributed by atoms with Crippen molar-refractivity contribution in [3.8, 4) is 5.75 Å². The van der Waals surface area contributed by atoms with Gasteiger partial charge in [0, 0.05) is 16.0 Å². The molecule has 2 rings (SSSR count). The maximum absolute atomic E-state index is 11.0. The van der Waals surface area contributed by atoms with Crippen molar-refractivity contribution >= 4 is 38.6 Å². The Kier molecular flexibility index (Phi) is 9.24. The molecule has 108 valence electrons. The molecule has 0 atom stereocenters. The smallest absolute Gasteiger partial charge is 0.744 e. The molecular formula is C10H7NNa2O7S2. The zero-order chi connectivity index (χ0) is 14.9. The summed E-state index contributed by atoms with van der Waals surface area (Å²) in [4.78, 5) is -0.268. The maximum Gasteiger partial charge on any atom is 1.00 e. The van der Waals surface area contributed by atoms with E-state index in [1.54, 1.807) is 0 Å². The summed E-state index contributed by atoms with van der Waals surface area (Å²) in [6.45, 7) is 0. The fourth-order valence-corrected chi connectivity index (χ4v) is 2.70. The van der Waals surface area contributed by atoms with Crippen molar-refractivity contribution in [3.05, 3.63) is 24.3 Å². The van der Waals surface area contributed by atoms with Crippen LogP contribution in [0.1, 0.15) is 0 Å². The van der Waals surface area contributed by atoms with Crippen LogP contribution in [-0.4, -0.2) is 18.1 Å². The molecule has 0 aliphatic heterocycles. The van der Waals surface area contributed by atoms with Gasteiger partial charge in [-0.25, -0.2) is 8.42 Å². The topological polar surface area (TPSA) is 145 Å². The van der Waals surface area contributed by atoms with Crippen LogP contribution in [-0.2, 0) is 19.5 Å². The molecule has 3 N–H and O–H groups in total. The molecular weight excluding hydrogens is 356 g/mol. The average molecular weight is 363 g/mol. The maximum atomic E-state index is 11.0. The normalized spacial score (nSPS) is 10.8. The summed E-state index contributed by atoms with van der Waals surface area (Å²) in [6.07, 6.45) is 0. The van der Waals surface area contributed by atoms with Crippen LogP contribution >= 0.6 is 12.0 Å². The minimum atomic E-state index is -4.72. The van der Waals surface area contributed by atoms with E-state index in [4.69, 9.17) is 5.73 Å². The van der Waals surface area contributed by atoms with Crippen LogP contribution in [0.25, 0.3) is 10.8 Å². The number of anilines is 1. The molecule has 0 saturated carbocycles. The van der Waals surface area contributed by atoms with Crippen LogP contribution in [0.5, 0.6) is 5.75 Å². The van der Waals surface area contributed by atoms with Gasteiger partial charge in [-0.1, -0.05) is 0 Å². The number of fused-ring (bicyclic) bond motifs is 1. The first-order valence-corrected chi connectivity index (χ1v) is 7.13. The Balaban J connectivity index is 0.00000220. The van der Waals surface area contributed by atoms with Crippen LogP contribution < -0.4 is 70.1 Å². The molecule has 0 fully saturated rings. The number of phenolic OH excluding ortho intramolecular Hbond substituents is 1. The largest absolute Gasteiger partial charge is 1.00 e. The first-order valence-electron chi connectivity index (χ1n) is 4.98. The van der Waals surface area contributed by atoms with E-state index in [-0.39, 0.29) is 75.6 Å². The molecule has 0 heterocycles. The Labute approximate surface area is 174 Å². The molecule has 2 aromatic carbocycles. The summed E-state index contributed by atoms with van der Waals surface area (Å²) < 4.78 is 37.1. The first-order chi connectivity index (χ1) is 9.32. The van der Waals surface area contributed by atoms with E-state index in [0.29, 0.717) is 16.9 Å². The van der Waals surface area contributed by atoms with Gasteiger partial charge in [0.1, 0.15) is 15.9 Å². The molecule has 0 amide bonds. The van der Waals surface area contributed by atoms with Gasteiger partial charge in [0.2, 0.25) is 0 Å². The van der Waals surface area contributed by atoms with E-state index in [1.807, 2.05) is 0 Å². The van der Waals surface area contributed by atoms with Crippen molar-refractivity contribution in [1.82, 2.24) is 0 Å². The van der Waals surface area contributed by atoms with E-state index in [9.17, 15) is 23.3 Å². The summed E-state index contributed by atoms with van der Waals surface area (Å²) in [6, 6.07) is 4.65. The second kappa shape index (κ2) is 9.06. The Bertz CT molecular complexity index is 769. The van der Waals surface area contributed by atoms with Gasteiger partial charge in [0.25, 0.3) is 0 Å². The summed E-state index contributed by atoms with van der Waals surface area (Å²) in [7, 11) is -4.72. The molecule has 8 nitrogen and oxygen atoms in total. The van der Waals surface area contributed by atoms with E-state index >= 15 is 0 Å². The summed E-state index contributed by atoms with van der Waals surface area (Å²) in [5.41, 5.74) is 5.83. The molecule has 0 unspecified atom stereocenters. The average Bonchev–Trinajstić information content (AvgIpc) is 2.34. The van der Waals surface area contributed by atoms with Gasteiger partial charge in [-0.2, -0.15) is 4.33 Å². The Morgan fingerprint density at radius 2 is 1.82 bits per heavy atom. The van der Waals surface area contributed by atoms with Crippen LogP contribution in [0.4, 0.5) is 5.69 Å². The quantitative estimate of drug-likeness (QED) is 0.135. The third-order valence-electron chi connectivity index (χ3n) is 2.45. The van der Waals surface area contributed by atoms with Gasteiger partial charge in [0.15, 0.2) is 0 Å². The molecule has 2 aromatic rings. The van der Waals surface area contributed by atoms with Crippen LogP contribution in [0, 0.1) is 0 Å². The van der Waals surface area contributed by atoms with Crippen LogP contribution in [0.2, 0.25) is 0 Å².